The quantitative estimate of drug-likeness (QED) is 0.622. The molecule has 0 amide bonds. The van der Waals surface area contributed by atoms with Crippen molar-refractivity contribution in [3.8, 4) is 0 Å². The monoisotopic (exact) mass is 330 g/mol. The van der Waals surface area contributed by atoms with E-state index in [1.165, 1.54) is 0 Å². The smallest absolute Gasteiger partial charge is 0.328 e. The van der Waals surface area contributed by atoms with Crippen molar-refractivity contribution in [2.45, 2.75) is 12.5 Å². The Morgan fingerprint density at radius 3 is 1.92 bits per heavy atom. The highest BCUT2D eigenvalue weighted by Gasteiger charge is 2.10. The molecule has 0 aliphatic heterocycles. The summed E-state index contributed by atoms with van der Waals surface area (Å²) in [5, 5.41) is 16.8. The van der Waals surface area contributed by atoms with E-state index in [0.29, 0.717) is 6.42 Å². The van der Waals surface area contributed by atoms with Gasteiger partial charge in [0.05, 0.1) is 0 Å². The minimum Gasteiger partial charge on any atom is -0.480 e. The van der Waals surface area contributed by atoms with Crippen molar-refractivity contribution in [1.29, 1.82) is 0 Å². The molecule has 0 aromatic heterocycles. The molecule has 0 bridgehead atoms. The summed E-state index contributed by atoms with van der Waals surface area (Å²) in [6.45, 7) is 0. The first-order valence-electron chi connectivity index (χ1n) is 6.97. The normalized spacial score (nSPS) is 10.9. The summed E-state index contributed by atoms with van der Waals surface area (Å²) in [6.07, 6.45) is 3.06. The fraction of sp³-hybridized carbons (Fsp3) is 0.111. The van der Waals surface area contributed by atoms with Crippen LogP contribution >= 0.6 is 0 Å². The molecule has 24 heavy (non-hydrogen) atoms. The summed E-state index contributed by atoms with van der Waals surface area (Å²) in [5.74, 6) is -1.88. The van der Waals surface area contributed by atoms with Gasteiger partial charge in [0.2, 0.25) is 0 Å². The van der Waals surface area contributed by atoms with Crippen LogP contribution < -0.4 is 11.9 Å². The fourth-order valence-corrected chi connectivity index (χ4v) is 1.69. The Hall–Kier alpha value is -2.96. The lowest BCUT2D eigenvalue weighted by Crippen LogP contribution is -2.32. The van der Waals surface area contributed by atoms with Crippen LogP contribution in [-0.4, -0.2) is 28.2 Å². The van der Waals surface area contributed by atoms with E-state index in [9.17, 15) is 9.59 Å². The van der Waals surface area contributed by atoms with Crippen molar-refractivity contribution in [1.82, 2.24) is 6.15 Å². The number of hydrogen-bond donors (Lipinski definition) is 4. The molecule has 0 radical (unpaired) electrons. The molecule has 0 fully saturated rings. The topological polar surface area (TPSA) is 136 Å². The maximum atomic E-state index is 10.4. The highest BCUT2D eigenvalue weighted by Crippen LogP contribution is 2.01. The molecule has 0 spiro atoms. The van der Waals surface area contributed by atoms with E-state index < -0.39 is 18.0 Å². The Kier molecular flexibility index (Phi) is 10.2. The zero-order valence-corrected chi connectivity index (χ0v) is 13.2. The van der Waals surface area contributed by atoms with E-state index in [1.807, 2.05) is 60.7 Å². The molecule has 0 aliphatic rings. The molecule has 6 nitrogen and oxygen atoms in total. The van der Waals surface area contributed by atoms with Crippen molar-refractivity contribution in [2.75, 3.05) is 0 Å². The highest BCUT2D eigenvalue weighted by atomic mass is 16.4. The highest BCUT2D eigenvalue weighted by molar-refractivity contribution is 5.85. The molecule has 2 aromatic rings. The Labute approximate surface area is 140 Å². The summed E-state index contributed by atoms with van der Waals surface area (Å²) in [4.78, 5) is 20.5. The van der Waals surface area contributed by atoms with Gasteiger partial charge in [0.15, 0.2) is 0 Å². The predicted octanol–water partition coefficient (Wildman–Crippen LogP) is 2.59. The average molecular weight is 330 g/mol. The van der Waals surface area contributed by atoms with Gasteiger partial charge in [-0.15, -0.1) is 0 Å². The maximum absolute atomic E-state index is 10.4. The van der Waals surface area contributed by atoms with Gasteiger partial charge in [0, 0.05) is 6.08 Å². The summed E-state index contributed by atoms with van der Waals surface area (Å²) in [6, 6.07) is 17.8. The second-order valence-corrected chi connectivity index (χ2v) is 4.72. The molecule has 0 aliphatic carbocycles. The van der Waals surface area contributed by atoms with Crippen LogP contribution in [-0.2, 0) is 16.0 Å². The van der Waals surface area contributed by atoms with E-state index in [4.69, 9.17) is 15.9 Å². The number of rotatable bonds is 5. The van der Waals surface area contributed by atoms with Crippen LogP contribution in [0.25, 0.3) is 6.08 Å². The van der Waals surface area contributed by atoms with Crippen LogP contribution in [0.1, 0.15) is 11.1 Å². The lowest BCUT2D eigenvalue weighted by Gasteiger charge is -2.04. The molecule has 128 valence electrons. The first kappa shape index (κ1) is 21.0. The number of benzene rings is 2. The van der Waals surface area contributed by atoms with Crippen LogP contribution in [0.2, 0.25) is 0 Å². The summed E-state index contributed by atoms with van der Waals surface area (Å²) in [7, 11) is 0. The minimum atomic E-state index is -0.959. The molecular formula is C18H22N2O4. The zero-order valence-electron chi connectivity index (χ0n) is 13.2. The summed E-state index contributed by atoms with van der Waals surface area (Å²) < 4.78 is 0. The van der Waals surface area contributed by atoms with Crippen molar-refractivity contribution in [3.63, 3.8) is 0 Å². The third-order valence-corrected chi connectivity index (χ3v) is 2.83. The van der Waals surface area contributed by atoms with Crippen molar-refractivity contribution in [2.24, 2.45) is 5.73 Å². The molecule has 0 saturated carbocycles. The Bertz CT molecular complexity index is 643. The summed E-state index contributed by atoms with van der Waals surface area (Å²) >= 11 is 0. The predicted molar refractivity (Wildman–Crippen MR) is 93.9 cm³/mol. The molecule has 6 heteroatoms. The number of carboxylic acid groups (broad SMARTS) is 2. The molecule has 2 aromatic carbocycles. The second kappa shape index (κ2) is 11.6. The van der Waals surface area contributed by atoms with Crippen LogP contribution in [0, 0.1) is 0 Å². The van der Waals surface area contributed by atoms with Crippen LogP contribution in [0.3, 0.4) is 0 Å². The third kappa shape index (κ3) is 9.14. The molecule has 2 rings (SSSR count). The van der Waals surface area contributed by atoms with Crippen molar-refractivity contribution >= 4 is 18.0 Å². The molecule has 0 saturated heterocycles. The van der Waals surface area contributed by atoms with Gasteiger partial charge in [-0.2, -0.15) is 0 Å². The van der Waals surface area contributed by atoms with Crippen LogP contribution in [0.15, 0.2) is 66.7 Å². The van der Waals surface area contributed by atoms with Crippen molar-refractivity contribution < 1.29 is 19.8 Å². The van der Waals surface area contributed by atoms with Crippen LogP contribution in [0.4, 0.5) is 0 Å². The number of carbonyl (C=O) groups is 2. The van der Waals surface area contributed by atoms with Gasteiger partial charge in [0.25, 0.3) is 0 Å². The Morgan fingerprint density at radius 1 is 0.958 bits per heavy atom. The molecule has 0 heterocycles. The first-order valence-corrected chi connectivity index (χ1v) is 6.97. The number of aliphatic carboxylic acids is 2. The van der Waals surface area contributed by atoms with E-state index in [1.54, 1.807) is 6.08 Å². The molecule has 0 unspecified atom stereocenters. The molecular weight excluding hydrogens is 308 g/mol. The second-order valence-electron chi connectivity index (χ2n) is 4.72. The number of hydrogen-bond acceptors (Lipinski definition) is 4. The van der Waals surface area contributed by atoms with E-state index >= 15 is 0 Å². The van der Waals surface area contributed by atoms with Gasteiger partial charge < -0.3 is 22.1 Å². The van der Waals surface area contributed by atoms with Gasteiger partial charge in [-0.3, -0.25) is 4.79 Å². The van der Waals surface area contributed by atoms with Gasteiger partial charge >= 0.3 is 11.9 Å². The van der Waals surface area contributed by atoms with E-state index in [2.05, 4.69) is 0 Å². The lowest BCUT2D eigenvalue weighted by molar-refractivity contribution is -0.138. The Morgan fingerprint density at radius 2 is 1.46 bits per heavy atom. The third-order valence-electron chi connectivity index (χ3n) is 2.83. The average Bonchev–Trinajstić information content (AvgIpc) is 2.55. The van der Waals surface area contributed by atoms with Crippen molar-refractivity contribution in [3.05, 3.63) is 77.9 Å². The van der Waals surface area contributed by atoms with Crippen LogP contribution in [0.5, 0.6) is 0 Å². The fourth-order valence-electron chi connectivity index (χ4n) is 1.69. The first-order chi connectivity index (χ1) is 11.0. The van der Waals surface area contributed by atoms with Gasteiger partial charge in [-0.1, -0.05) is 60.7 Å². The number of carboxylic acids is 2. The molecule has 7 N–H and O–H groups in total. The number of nitrogens with two attached hydrogens (primary N) is 1. The van der Waals surface area contributed by atoms with E-state index in [-0.39, 0.29) is 6.15 Å². The lowest BCUT2D eigenvalue weighted by atomic mass is 10.1. The SMILES string of the molecule is N.N[C@@H](Cc1ccccc1)C(=O)O.O=C(O)/C=C/c1ccccc1. The maximum Gasteiger partial charge on any atom is 0.328 e. The zero-order chi connectivity index (χ0) is 17.1. The standard InChI is InChI=1S/C9H11NO2.C9H8O2.H3N/c10-8(9(11)12)6-7-4-2-1-3-5-7;10-9(11)7-6-8-4-2-1-3-5-8;/h1-5,8H,6,10H2,(H,11,12);1-7H,(H,10,11);1H3/b;7-6+;/t8-;;/m0../s1. The van der Waals surface area contributed by atoms with Gasteiger partial charge in [0.1, 0.15) is 6.04 Å². The van der Waals surface area contributed by atoms with Gasteiger partial charge in [-0.05, 0) is 23.6 Å². The van der Waals surface area contributed by atoms with E-state index in [0.717, 1.165) is 17.2 Å². The summed E-state index contributed by atoms with van der Waals surface area (Å²) in [5.41, 5.74) is 7.20. The van der Waals surface area contributed by atoms with Gasteiger partial charge in [-0.25, -0.2) is 4.79 Å². The minimum absolute atomic E-state index is 0. The largest absolute Gasteiger partial charge is 0.480 e. The Balaban J connectivity index is 0.000000425. The molecule has 1 atom stereocenters.